The third-order valence-electron chi connectivity index (χ3n) is 4.27. The molecule has 0 bridgehead atoms. The SMILES string of the molecule is CC1CCC(C(NN)C2CCCCCC2)O1. The van der Waals surface area contributed by atoms with Crippen LogP contribution in [-0.2, 0) is 4.74 Å². The van der Waals surface area contributed by atoms with Gasteiger partial charge in [0, 0.05) is 0 Å². The van der Waals surface area contributed by atoms with E-state index in [4.69, 9.17) is 10.6 Å². The van der Waals surface area contributed by atoms with Crippen molar-refractivity contribution in [3.63, 3.8) is 0 Å². The molecule has 2 aliphatic rings. The van der Waals surface area contributed by atoms with Crippen molar-refractivity contribution in [2.24, 2.45) is 11.8 Å². The number of hydrazine groups is 1. The second-order valence-electron chi connectivity index (χ2n) is 5.51. The van der Waals surface area contributed by atoms with Gasteiger partial charge in [0.05, 0.1) is 18.2 Å². The number of rotatable bonds is 3. The van der Waals surface area contributed by atoms with Crippen molar-refractivity contribution in [1.29, 1.82) is 0 Å². The van der Waals surface area contributed by atoms with Crippen LogP contribution in [0.2, 0.25) is 0 Å². The summed E-state index contributed by atoms with van der Waals surface area (Å²) in [6, 6.07) is 0.378. The highest BCUT2D eigenvalue weighted by Crippen LogP contribution is 2.31. The van der Waals surface area contributed by atoms with Crippen LogP contribution in [0.5, 0.6) is 0 Å². The zero-order chi connectivity index (χ0) is 11.4. The highest BCUT2D eigenvalue weighted by molar-refractivity contribution is 4.87. The summed E-state index contributed by atoms with van der Waals surface area (Å²) in [6.07, 6.45) is 11.3. The van der Waals surface area contributed by atoms with Crippen LogP contribution in [0.1, 0.15) is 58.3 Å². The predicted octanol–water partition coefficient (Wildman–Crippen LogP) is 2.36. The summed E-state index contributed by atoms with van der Waals surface area (Å²) in [5.41, 5.74) is 3.04. The van der Waals surface area contributed by atoms with Crippen LogP contribution in [-0.4, -0.2) is 18.2 Å². The van der Waals surface area contributed by atoms with E-state index >= 15 is 0 Å². The number of nitrogens with two attached hydrogens (primary N) is 1. The van der Waals surface area contributed by atoms with Gasteiger partial charge in [-0.05, 0) is 38.5 Å². The van der Waals surface area contributed by atoms with E-state index in [-0.39, 0.29) is 0 Å². The summed E-state index contributed by atoms with van der Waals surface area (Å²) in [4.78, 5) is 0. The lowest BCUT2D eigenvalue weighted by Gasteiger charge is -2.30. The molecular formula is C13H26N2O. The topological polar surface area (TPSA) is 47.3 Å². The molecule has 0 amide bonds. The van der Waals surface area contributed by atoms with Crippen LogP contribution in [0.3, 0.4) is 0 Å². The van der Waals surface area contributed by atoms with E-state index in [1.807, 2.05) is 0 Å². The van der Waals surface area contributed by atoms with Crippen LogP contribution in [0.4, 0.5) is 0 Å². The van der Waals surface area contributed by atoms with Gasteiger partial charge in [-0.3, -0.25) is 11.3 Å². The lowest BCUT2D eigenvalue weighted by atomic mass is 9.88. The first-order chi connectivity index (χ1) is 7.81. The molecule has 1 aliphatic heterocycles. The standard InChI is InChI=1S/C13H26N2O/c1-10-8-9-12(16-10)13(15-14)11-6-4-2-3-5-7-11/h10-13,15H,2-9,14H2,1H3. The first-order valence-corrected chi connectivity index (χ1v) is 6.93. The zero-order valence-electron chi connectivity index (χ0n) is 10.5. The minimum atomic E-state index is 0.350. The Morgan fingerprint density at radius 2 is 1.75 bits per heavy atom. The third kappa shape index (κ3) is 2.96. The molecular weight excluding hydrogens is 200 g/mol. The summed E-state index contributed by atoms with van der Waals surface area (Å²) in [5.74, 6) is 6.47. The summed E-state index contributed by atoms with van der Waals surface area (Å²) in [6.45, 7) is 2.17. The maximum absolute atomic E-state index is 5.97. The maximum Gasteiger partial charge on any atom is 0.0748 e. The van der Waals surface area contributed by atoms with Gasteiger partial charge < -0.3 is 4.74 Å². The van der Waals surface area contributed by atoms with Crippen molar-refractivity contribution >= 4 is 0 Å². The molecule has 94 valence electrons. The highest BCUT2D eigenvalue weighted by atomic mass is 16.5. The molecule has 0 aromatic heterocycles. The Morgan fingerprint density at radius 1 is 1.06 bits per heavy atom. The van der Waals surface area contributed by atoms with Gasteiger partial charge in [-0.15, -0.1) is 0 Å². The average Bonchev–Trinajstić information content (AvgIpc) is 2.55. The summed E-state index contributed by atoms with van der Waals surface area (Å²) >= 11 is 0. The molecule has 2 rings (SSSR count). The smallest absolute Gasteiger partial charge is 0.0748 e. The van der Waals surface area contributed by atoms with Gasteiger partial charge in [-0.1, -0.05) is 25.7 Å². The summed E-state index contributed by atoms with van der Waals surface area (Å²) in [5, 5.41) is 0. The van der Waals surface area contributed by atoms with E-state index in [9.17, 15) is 0 Å². The van der Waals surface area contributed by atoms with Crippen molar-refractivity contribution in [2.75, 3.05) is 0 Å². The number of hydrogen-bond acceptors (Lipinski definition) is 3. The molecule has 2 fully saturated rings. The molecule has 16 heavy (non-hydrogen) atoms. The fraction of sp³-hybridized carbons (Fsp3) is 1.00. The first kappa shape index (κ1) is 12.3. The Labute approximate surface area is 99.1 Å². The van der Waals surface area contributed by atoms with Crippen molar-refractivity contribution in [3.8, 4) is 0 Å². The molecule has 3 heteroatoms. The van der Waals surface area contributed by atoms with Gasteiger partial charge >= 0.3 is 0 Å². The second-order valence-corrected chi connectivity index (χ2v) is 5.51. The first-order valence-electron chi connectivity index (χ1n) is 6.93. The minimum Gasteiger partial charge on any atom is -0.374 e. The number of nitrogens with one attached hydrogen (secondary N) is 1. The van der Waals surface area contributed by atoms with Crippen LogP contribution in [0.25, 0.3) is 0 Å². The predicted molar refractivity (Wildman–Crippen MR) is 65.9 cm³/mol. The molecule has 0 radical (unpaired) electrons. The Bertz CT molecular complexity index is 202. The molecule has 3 nitrogen and oxygen atoms in total. The lowest BCUT2D eigenvalue weighted by Crippen LogP contribution is -2.48. The Morgan fingerprint density at radius 3 is 2.25 bits per heavy atom. The zero-order valence-corrected chi connectivity index (χ0v) is 10.5. The van der Waals surface area contributed by atoms with Gasteiger partial charge in [-0.2, -0.15) is 0 Å². The van der Waals surface area contributed by atoms with Crippen molar-refractivity contribution < 1.29 is 4.74 Å². The third-order valence-corrected chi connectivity index (χ3v) is 4.27. The molecule has 1 saturated heterocycles. The lowest BCUT2D eigenvalue weighted by molar-refractivity contribution is 0.0150. The molecule has 0 aromatic rings. The van der Waals surface area contributed by atoms with Gasteiger partial charge in [0.1, 0.15) is 0 Å². The molecule has 0 spiro atoms. The van der Waals surface area contributed by atoms with Crippen LogP contribution >= 0.6 is 0 Å². The second kappa shape index (κ2) is 5.99. The fourth-order valence-corrected chi connectivity index (χ4v) is 3.31. The molecule has 1 saturated carbocycles. The Kier molecular flexibility index (Phi) is 4.62. The van der Waals surface area contributed by atoms with E-state index in [2.05, 4.69) is 12.3 Å². The van der Waals surface area contributed by atoms with Crippen molar-refractivity contribution in [3.05, 3.63) is 0 Å². The molecule has 3 atom stereocenters. The van der Waals surface area contributed by atoms with Gasteiger partial charge in [0.25, 0.3) is 0 Å². The van der Waals surface area contributed by atoms with Crippen molar-refractivity contribution in [1.82, 2.24) is 5.43 Å². The van der Waals surface area contributed by atoms with E-state index in [1.165, 1.54) is 51.4 Å². The minimum absolute atomic E-state index is 0.350. The Balaban J connectivity index is 1.92. The molecule has 1 aliphatic carbocycles. The molecule has 0 aromatic carbocycles. The normalized spacial score (nSPS) is 34.9. The summed E-state index contributed by atoms with van der Waals surface area (Å²) in [7, 11) is 0. The molecule has 3 N–H and O–H groups in total. The van der Waals surface area contributed by atoms with E-state index in [0.29, 0.717) is 18.2 Å². The molecule has 3 unspecified atom stereocenters. The largest absolute Gasteiger partial charge is 0.374 e. The van der Waals surface area contributed by atoms with Gasteiger partial charge in [0.15, 0.2) is 0 Å². The average molecular weight is 226 g/mol. The van der Waals surface area contributed by atoms with Gasteiger partial charge in [-0.25, -0.2) is 0 Å². The Hall–Kier alpha value is -0.120. The quantitative estimate of drug-likeness (QED) is 0.441. The number of ether oxygens (including phenoxy) is 1. The van der Waals surface area contributed by atoms with Crippen molar-refractivity contribution in [2.45, 2.75) is 76.5 Å². The van der Waals surface area contributed by atoms with E-state index in [1.54, 1.807) is 0 Å². The van der Waals surface area contributed by atoms with E-state index in [0.717, 1.165) is 5.92 Å². The summed E-state index contributed by atoms with van der Waals surface area (Å²) < 4.78 is 5.97. The molecule has 1 heterocycles. The number of hydrogen-bond donors (Lipinski definition) is 2. The van der Waals surface area contributed by atoms with Crippen LogP contribution < -0.4 is 11.3 Å². The maximum atomic E-state index is 5.97. The highest BCUT2D eigenvalue weighted by Gasteiger charge is 2.34. The van der Waals surface area contributed by atoms with Crippen LogP contribution in [0.15, 0.2) is 0 Å². The van der Waals surface area contributed by atoms with Crippen LogP contribution in [0, 0.1) is 5.92 Å². The van der Waals surface area contributed by atoms with E-state index < -0.39 is 0 Å². The van der Waals surface area contributed by atoms with Gasteiger partial charge in [0.2, 0.25) is 0 Å². The monoisotopic (exact) mass is 226 g/mol. The fourth-order valence-electron chi connectivity index (χ4n) is 3.31.